The quantitative estimate of drug-likeness (QED) is 0.230. The highest BCUT2D eigenvalue weighted by Gasteiger charge is 2.28. The fourth-order valence-electron chi connectivity index (χ4n) is 5.05. The molecule has 1 heterocycles. The van der Waals surface area contributed by atoms with Gasteiger partial charge in [0.15, 0.2) is 0 Å². The Balaban J connectivity index is 1.22. The van der Waals surface area contributed by atoms with E-state index in [9.17, 15) is 14.7 Å². The van der Waals surface area contributed by atoms with Gasteiger partial charge >= 0.3 is 6.09 Å². The van der Waals surface area contributed by atoms with Gasteiger partial charge in [-0.05, 0) is 68.0 Å². The van der Waals surface area contributed by atoms with Crippen molar-refractivity contribution in [2.24, 2.45) is 0 Å². The van der Waals surface area contributed by atoms with E-state index in [2.05, 4.69) is 11.7 Å². The van der Waals surface area contributed by atoms with Crippen molar-refractivity contribution in [1.82, 2.24) is 15.2 Å². The molecule has 0 unspecified atom stereocenters. The van der Waals surface area contributed by atoms with Gasteiger partial charge in [-0.2, -0.15) is 0 Å². The van der Waals surface area contributed by atoms with E-state index in [0.29, 0.717) is 6.54 Å². The van der Waals surface area contributed by atoms with Crippen molar-refractivity contribution in [3.8, 4) is 16.9 Å². The zero-order valence-corrected chi connectivity index (χ0v) is 24.6. The number of carbonyl (C=O) groups excluding carboxylic acids is 2. The van der Waals surface area contributed by atoms with Crippen LogP contribution in [0.5, 0.6) is 5.75 Å². The van der Waals surface area contributed by atoms with Crippen molar-refractivity contribution in [3.05, 3.63) is 90.8 Å². The Morgan fingerprint density at radius 2 is 1.62 bits per heavy atom. The van der Waals surface area contributed by atoms with Crippen LogP contribution >= 0.6 is 0 Å². The maximum Gasteiger partial charge on any atom is 0.429 e. The number of anilines is 1. The molecule has 0 aromatic heterocycles. The number of hydrogen-bond acceptors (Lipinski definition) is 6. The first-order chi connectivity index (χ1) is 20.5. The van der Waals surface area contributed by atoms with Crippen LogP contribution in [0.25, 0.3) is 11.1 Å². The lowest BCUT2D eigenvalue weighted by Crippen LogP contribution is -2.50. The fraction of sp³-hybridized carbons (Fsp3) is 0.382. The number of phenolic OH excluding ortho intramolecular Hbond substituents is 1. The molecule has 2 amide bonds. The Morgan fingerprint density at radius 3 is 2.38 bits per heavy atom. The lowest BCUT2D eigenvalue weighted by molar-refractivity contribution is -0.130. The molecule has 42 heavy (non-hydrogen) atoms. The largest absolute Gasteiger partial charge is 0.508 e. The number of para-hydroxylation sites is 1. The number of rotatable bonds is 14. The summed E-state index contributed by atoms with van der Waals surface area (Å²) in [6, 6.07) is 25.1. The van der Waals surface area contributed by atoms with Crippen molar-refractivity contribution >= 4 is 17.7 Å². The van der Waals surface area contributed by atoms with Gasteiger partial charge < -0.3 is 20.1 Å². The molecular formula is C34H43N4O4. The summed E-state index contributed by atoms with van der Waals surface area (Å²) in [5.74, 6) is 0.246. The van der Waals surface area contributed by atoms with E-state index in [0.717, 1.165) is 80.7 Å². The first-order valence-electron chi connectivity index (χ1n) is 14.9. The van der Waals surface area contributed by atoms with Crippen LogP contribution < -0.4 is 10.3 Å². The maximum absolute atomic E-state index is 13.5. The third-order valence-electron chi connectivity index (χ3n) is 7.44. The van der Waals surface area contributed by atoms with Crippen LogP contribution in [0, 0.1) is 6.42 Å². The second-order valence-corrected chi connectivity index (χ2v) is 10.6. The van der Waals surface area contributed by atoms with Crippen molar-refractivity contribution in [3.63, 3.8) is 0 Å². The van der Waals surface area contributed by atoms with Gasteiger partial charge in [-0.15, -0.1) is 0 Å². The fourth-order valence-corrected chi connectivity index (χ4v) is 5.05. The minimum Gasteiger partial charge on any atom is -0.508 e. The van der Waals surface area contributed by atoms with Crippen LogP contribution in [0.2, 0.25) is 0 Å². The van der Waals surface area contributed by atoms with Crippen LogP contribution in [0.15, 0.2) is 78.9 Å². The molecule has 1 aliphatic rings. The number of nitrogens with zero attached hydrogens (tertiary/aromatic N) is 3. The van der Waals surface area contributed by atoms with Gasteiger partial charge in [0.25, 0.3) is 0 Å². The highest BCUT2D eigenvalue weighted by atomic mass is 16.6. The molecule has 1 radical (unpaired) electrons. The molecule has 8 nitrogen and oxygen atoms in total. The number of nitrogens with one attached hydrogen (secondary N) is 1. The summed E-state index contributed by atoms with van der Waals surface area (Å²) in [5.41, 5.74) is 3.89. The average Bonchev–Trinajstić information content (AvgIpc) is 3.02. The molecule has 1 saturated heterocycles. The number of aromatic hydroxyl groups is 1. The highest BCUT2D eigenvalue weighted by Crippen LogP contribution is 2.33. The number of unbranched alkanes of at least 4 members (excludes halogenated alkanes) is 2. The van der Waals surface area contributed by atoms with Crippen LogP contribution in [0.4, 0.5) is 10.5 Å². The lowest BCUT2D eigenvalue weighted by atomic mass is 10.0. The summed E-state index contributed by atoms with van der Waals surface area (Å²) >= 11 is 0. The zero-order chi connectivity index (χ0) is 29.6. The summed E-state index contributed by atoms with van der Waals surface area (Å²) in [7, 11) is 1.81. The van der Waals surface area contributed by atoms with Crippen molar-refractivity contribution in [2.75, 3.05) is 44.8 Å². The number of phenols is 1. The number of hydrazine groups is 1. The molecule has 0 spiro atoms. The second-order valence-electron chi connectivity index (χ2n) is 10.6. The number of piperidine rings is 1. The van der Waals surface area contributed by atoms with Gasteiger partial charge in [0.2, 0.25) is 5.91 Å². The molecule has 1 fully saturated rings. The van der Waals surface area contributed by atoms with E-state index in [-0.39, 0.29) is 24.7 Å². The van der Waals surface area contributed by atoms with E-state index in [1.54, 1.807) is 29.1 Å². The SMILES string of the molecule is CN(CCCCCNCc1ccc(O)cc1)C(=O)CCOC(=O)N(c1ccccc1-c1ccccc1)N1CC[CH]CC1. The topological polar surface area (TPSA) is 85.3 Å². The summed E-state index contributed by atoms with van der Waals surface area (Å²) in [6.07, 6.45) is 6.67. The Labute approximate surface area is 249 Å². The van der Waals surface area contributed by atoms with Gasteiger partial charge in [-0.25, -0.2) is 14.8 Å². The van der Waals surface area contributed by atoms with Crippen LogP contribution in [0.3, 0.4) is 0 Å². The minimum absolute atomic E-state index is 0.0305. The minimum atomic E-state index is -0.462. The van der Waals surface area contributed by atoms with E-state index < -0.39 is 6.09 Å². The summed E-state index contributed by atoms with van der Waals surface area (Å²) < 4.78 is 5.70. The summed E-state index contributed by atoms with van der Waals surface area (Å²) in [5, 5.41) is 16.5. The van der Waals surface area contributed by atoms with Gasteiger partial charge in [0.1, 0.15) is 12.4 Å². The van der Waals surface area contributed by atoms with Gasteiger partial charge in [-0.3, -0.25) is 4.79 Å². The molecule has 4 rings (SSSR count). The van der Waals surface area contributed by atoms with Gasteiger partial charge in [0.05, 0.1) is 12.1 Å². The lowest BCUT2D eigenvalue weighted by Gasteiger charge is -2.37. The molecule has 0 aliphatic carbocycles. The van der Waals surface area contributed by atoms with Crippen molar-refractivity contribution in [1.29, 1.82) is 0 Å². The maximum atomic E-state index is 13.5. The van der Waals surface area contributed by atoms with Crippen LogP contribution in [-0.2, 0) is 16.1 Å². The molecule has 3 aromatic carbocycles. The number of carbonyl (C=O) groups is 2. The van der Waals surface area contributed by atoms with Gasteiger partial charge in [-0.1, -0.05) is 67.1 Å². The predicted octanol–water partition coefficient (Wildman–Crippen LogP) is 6.03. The molecule has 8 heteroatoms. The normalized spacial score (nSPS) is 13.5. The summed E-state index contributed by atoms with van der Waals surface area (Å²) in [6.45, 7) is 3.83. The van der Waals surface area contributed by atoms with Gasteiger partial charge in [0, 0.05) is 38.8 Å². The average molecular weight is 572 g/mol. The Bertz CT molecular complexity index is 1250. The third kappa shape index (κ3) is 9.33. The second kappa shape index (κ2) is 16.5. The smallest absolute Gasteiger partial charge is 0.429 e. The predicted molar refractivity (Wildman–Crippen MR) is 167 cm³/mol. The first-order valence-corrected chi connectivity index (χ1v) is 14.9. The van der Waals surface area contributed by atoms with Crippen molar-refractivity contribution < 1.29 is 19.4 Å². The molecule has 3 aromatic rings. The number of amides is 2. The molecular weight excluding hydrogens is 528 g/mol. The Morgan fingerprint density at radius 1 is 0.905 bits per heavy atom. The number of ether oxygens (including phenoxy) is 1. The Kier molecular flexibility index (Phi) is 12.2. The molecule has 0 saturated carbocycles. The van der Waals surface area contributed by atoms with Crippen molar-refractivity contribution in [2.45, 2.75) is 45.1 Å². The van der Waals surface area contributed by atoms with Crippen LogP contribution in [-0.4, -0.2) is 66.8 Å². The molecule has 0 atom stereocenters. The molecule has 223 valence electrons. The number of hydrogen-bond donors (Lipinski definition) is 2. The zero-order valence-electron chi connectivity index (χ0n) is 24.6. The first kappa shape index (κ1) is 31.1. The molecule has 1 aliphatic heterocycles. The van der Waals surface area contributed by atoms with Crippen LogP contribution in [0.1, 0.15) is 44.1 Å². The standard InChI is InChI=1S/C34H43N4O4/c1-36(23-10-3-9-22-35-27-28-17-19-30(39)20-18-28)33(40)21-26-42-34(41)38(37-24-11-4-12-25-37)32-16-8-7-15-31(32)29-13-5-2-6-14-29/h2,4-8,13-20,35,39H,3,9-12,21-27H2,1H3. The summed E-state index contributed by atoms with van der Waals surface area (Å²) in [4.78, 5) is 27.9. The molecule has 2 N–H and O–H groups in total. The van der Waals surface area contributed by atoms with E-state index in [1.807, 2.05) is 71.7 Å². The highest BCUT2D eigenvalue weighted by molar-refractivity contribution is 5.93. The van der Waals surface area contributed by atoms with E-state index >= 15 is 0 Å². The number of benzene rings is 3. The molecule has 0 bridgehead atoms. The Hall–Kier alpha value is -3.88. The van der Waals surface area contributed by atoms with E-state index in [1.165, 1.54) is 0 Å². The van der Waals surface area contributed by atoms with E-state index in [4.69, 9.17) is 4.74 Å². The monoisotopic (exact) mass is 571 g/mol. The third-order valence-corrected chi connectivity index (χ3v) is 7.44.